The number of nitrogens with one attached hydrogen (secondary N) is 1. The fourth-order valence-electron chi connectivity index (χ4n) is 1.18. The van der Waals surface area contributed by atoms with E-state index < -0.39 is 17.6 Å². The van der Waals surface area contributed by atoms with Gasteiger partial charge in [-0.2, -0.15) is 0 Å². The largest absolute Gasteiger partial charge is 0.462 e. The summed E-state index contributed by atoms with van der Waals surface area (Å²) < 4.78 is 4.70. The van der Waals surface area contributed by atoms with E-state index in [-0.39, 0.29) is 19.6 Å². The summed E-state index contributed by atoms with van der Waals surface area (Å²) >= 11 is 0. The Bertz CT molecular complexity index is 245. The van der Waals surface area contributed by atoms with Crippen LogP contribution < -0.4 is 11.1 Å². The van der Waals surface area contributed by atoms with Gasteiger partial charge in [0, 0.05) is 6.42 Å². The maximum Gasteiger partial charge on any atom is 0.359 e. The molecule has 0 aromatic rings. The van der Waals surface area contributed by atoms with E-state index in [1.165, 1.54) is 0 Å². The maximum absolute atomic E-state index is 11.5. The van der Waals surface area contributed by atoms with Gasteiger partial charge in [-0.05, 0) is 13.3 Å². The minimum Gasteiger partial charge on any atom is -0.462 e. The number of carbonyl (C=O) groups excluding carboxylic acids is 2. The molecule has 16 heavy (non-hydrogen) atoms. The van der Waals surface area contributed by atoms with Gasteiger partial charge in [0.25, 0.3) is 0 Å². The number of esters is 1. The topological polar surface area (TPSA) is 102 Å². The summed E-state index contributed by atoms with van der Waals surface area (Å²) in [5.41, 5.74) is 3.15. The Balaban J connectivity index is 4.58. The van der Waals surface area contributed by atoms with Crippen molar-refractivity contribution >= 4 is 11.9 Å². The molecule has 0 rings (SSSR count). The van der Waals surface area contributed by atoms with Gasteiger partial charge in [0.1, 0.15) is 0 Å². The van der Waals surface area contributed by atoms with Crippen molar-refractivity contribution in [3.8, 4) is 0 Å². The summed E-state index contributed by atoms with van der Waals surface area (Å²) in [6.07, 6.45) is 1.51. The molecule has 0 bridgehead atoms. The van der Waals surface area contributed by atoms with Crippen molar-refractivity contribution in [1.29, 1.82) is 0 Å². The zero-order chi connectivity index (χ0) is 12.6. The highest BCUT2D eigenvalue weighted by Crippen LogP contribution is 2.13. The molecule has 0 aromatic carbocycles. The Morgan fingerprint density at radius 1 is 1.44 bits per heavy atom. The van der Waals surface area contributed by atoms with Crippen molar-refractivity contribution < 1.29 is 19.4 Å². The Morgan fingerprint density at radius 2 is 2.06 bits per heavy atom. The highest BCUT2D eigenvalue weighted by atomic mass is 16.6. The summed E-state index contributed by atoms with van der Waals surface area (Å²) in [7, 11) is 0. The molecule has 0 aliphatic carbocycles. The van der Waals surface area contributed by atoms with Gasteiger partial charge in [0.15, 0.2) is 0 Å². The molecular formula is C10H20N2O4. The summed E-state index contributed by atoms with van der Waals surface area (Å²) in [5.74, 6) is -1.43. The fourth-order valence-corrected chi connectivity index (χ4v) is 1.18. The molecule has 6 nitrogen and oxygen atoms in total. The fraction of sp³-hybridized carbons (Fsp3) is 0.800. The second-order valence-corrected chi connectivity index (χ2v) is 3.44. The average molecular weight is 232 g/mol. The number of hydrogen-bond donors (Lipinski definition) is 3. The predicted molar refractivity (Wildman–Crippen MR) is 58.3 cm³/mol. The van der Waals surface area contributed by atoms with E-state index in [1.54, 1.807) is 6.92 Å². The molecule has 4 N–H and O–H groups in total. The third kappa shape index (κ3) is 4.59. The summed E-state index contributed by atoms with van der Waals surface area (Å²) in [6, 6.07) is 0. The van der Waals surface area contributed by atoms with Crippen LogP contribution in [-0.4, -0.2) is 35.9 Å². The van der Waals surface area contributed by atoms with Gasteiger partial charge in [-0.3, -0.25) is 4.79 Å². The van der Waals surface area contributed by atoms with E-state index >= 15 is 0 Å². The SMILES string of the molecule is CCCCC(O)(NC(=O)CN)C(=O)OCC. The zero-order valence-electron chi connectivity index (χ0n) is 9.78. The van der Waals surface area contributed by atoms with Crippen LogP contribution in [0.25, 0.3) is 0 Å². The normalized spacial score (nSPS) is 14.0. The Labute approximate surface area is 95.1 Å². The molecular weight excluding hydrogens is 212 g/mol. The average Bonchev–Trinajstić information content (AvgIpc) is 2.26. The summed E-state index contributed by atoms with van der Waals surface area (Å²) in [4.78, 5) is 22.6. The Kier molecular flexibility index (Phi) is 6.67. The molecule has 0 aromatic heterocycles. The first-order valence-corrected chi connectivity index (χ1v) is 5.40. The van der Waals surface area contributed by atoms with Crippen molar-refractivity contribution in [1.82, 2.24) is 5.32 Å². The minimum absolute atomic E-state index is 0.119. The minimum atomic E-state index is -1.96. The van der Waals surface area contributed by atoms with E-state index in [1.807, 2.05) is 6.92 Å². The maximum atomic E-state index is 11.5. The number of aliphatic hydroxyl groups is 1. The third-order valence-electron chi connectivity index (χ3n) is 2.04. The molecule has 0 saturated carbocycles. The van der Waals surface area contributed by atoms with Crippen LogP contribution in [0.15, 0.2) is 0 Å². The second-order valence-electron chi connectivity index (χ2n) is 3.44. The lowest BCUT2D eigenvalue weighted by molar-refractivity contribution is -0.172. The number of nitrogens with two attached hydrogens (primary N) is 1. The Hall–Kier alpha value is -1.14. The highest BCUT2D eigenvalue weighted by molar-refractivity contribution is 5.87. The number of ether oxygens (including phenoxy) is 1. The molecule has 1 amide bonds. The van der Waals surface area contributed by atoms with Crippen molar-refractivity contribution in [2.45, 2.75) is 38.8 Å². The molecule has 1 unspecified atom stereocenters. The molecule has 0 aliphatic rings. The van der Waals surface area contributed by atoms with Crippen molar-refractivity contribution in [3.63, 3.8) is 0 Å². The second kappa shape index (κ2) is 7.19. The smallest absolute Gasteiger partial charge is 0.359 e. The molecule has 1 atom stereocenters. The first kappa shape index (κ1) is 14.9. The van der Waals surface area contributed by atoms with Crippen LogP contribution in [0.4, 0.5) is 0 Å². The number of unbranched alkanes of at least 4 members (excludes halogenated alkanes) is 1. The van der Waals surface area contributed by atoms with Crippen molar-refractivity contribution in [2.75, 3.05) is 13.2 Å². The lowest BCUT2D eigenvalue weighted by Gasteiger charge is -2.26. The van der Waals surface area contributed by atoms with Gasteiger partial charge >= 0.3 is 5.97 Å². The molecule has 0 saturated heterocycles. The van der Waals surface area contributed by atoms with Crippen LogP contribution in [0.1, 0.15) is 33.1 Å². The van der Waals surface area contributed by atoms with E-state index in [4.69, 9.17) is 10.5 Å². The number of hydrogen-bond acceptors (Lipinski definition) is 5. The first-order chi connectivity index (χ1) is 7.50. The van der Waals surface area contributed by atoms with Gasteiger partial charge in [0.2, 0.25) is 11.6 Å². The van der Waals surface area contributed by atoms with Gasteiger partial charge in [-0.25, -0.2) is 4.79 Å². The van der Waals surface area contributed by atoms with Crippen LogP contribution in [0, 0.1) is 0 Å². The number of rotatable bonds is 7. The van der Waals surface area contributed by atoms with E-state index in [2.05, 4.69) is 5.32 Å². The van der Waals surface area contributed by atoms with Crippen molar-refractivity contribution in [2.24, 2.45) is 5.73 Å². The van der Waals surface area contributed by atoms with E-state index in [9.17, 15) is 14.7 Å². The van der Waals surface area contributed by atoms with Crippen molar-refractivity contribution in [3.05, 3.63) is 0 Å². The molecule has 0 spiro atoms. The summed E-state index contributed by atoms with van der Waals surface area (Å²) in [5, 5.41) is 12.2. The quantitative estimate of drug-likeness (QED) is 0.406. The Morgan fingerprint density at radius 3 is 2.50 bits per heavy atom. The van der Waals surface area contributed by atoms with Gasteiger partial charge in [-0.15, -0.1) is 0 Å². The van der Waals surface area contributed by atoms with Gasteiger partial charge in [-0.1, -0.05) is 13.3 Å². The van der Waals surface area contributed by atoms with Crippen LogP contribution >= 0.6 is 0 Å². The predicted octanol–water partition coefficient (Wildman–Crippen LogP) is -0.497. The van der Waals surface area contributed by atoms with Gasteiger partial charge in [0.05, 0.1) is 13.2 Å². The third-order valence-corrected chi connectivity index (χ3v) is 2.04. The highest BCUT2D eigenvalue weighted by Gasteiger charge is 2.38. The number of amides is 1. The van der Waals surface area contributed by atoms with Crippen LogP contribution in [0.2, 0.25) is 0 Å². The number of carbonyl (C=O) groups is 2. The molecule has 0 fully saturated rings. The lowest BCUT2D eigenvalue weighted by Crippen LogP contribution is -2.56. The van der Waals surface area contributed by atoms with E-state index in [0.717, 1.165) is 6.42 Å². The zero-order valence-corrected chi connectivity index (χ0v) is 9.78. The van der Waals surface area contributed by atoms with Gasteiger partial charge < -0.3 is 20.9 Å². The van der Waals surface area contributed by atoms with Crippen LogP contribution in [0.5, 0.6) is 0 Å². The lowest BCUT2D eigenvalue weighted by atomic mass is 10.1. The summed E-state index contributed by atoms with van der Waals surface area (Å²) in [6.45, 7) is 3.40. The van der Waals surface area contributed by atoms with Crippen LogP contribution in [-0.2, 0) is 14.3 Å². The monoisotopic (exact) mass is 232 g/mol. The molecule has 94 valence electrons. The van der Waals surface area contributed by atoms with E-state index in [0.29, 0.717) is 6.42 Å². The van der Waals surface area contributed by atoms with Crippen LogP contribution in [0.3, 0.4) is 0 Å². The molecule has 6 heteroatoms. The first-order valence-electron chi connectivity index (χ1n) is 5.40. The molecule has 0 aliphatic heterocycles. The standard InChI is InChI=1S/C10H20N2O4/c1-3-5-6-10(15,9(14)16-4-2)12-8(13)7-11/h15H,3-7,11H2,1-2H3,(H,12,13). The molecule has 0 radical (unpaired) electrons. The molecule has 0 heterocycles.